The van der Waals surface area contributed by atoms with Crippen LogP contribution in [0.25, 0.3) is 0 Å². The number of ether oxygens (including phenoxy) is 1. The van der Waals surface area contributed by atoms with Crippen molar-refractivity contribution in [3.63, 3.8) is 0 Å². The second kappa shape index (κ2) is 5.82. The molecule has 0 aromatic heterocycles. The molecule has 0 heterocycles. The van der Waals surface area contributed by atoms with Crippen LogP contribution in [0.2, 0.25) is 0 Å². The summed E-state index contributed by atoms with van der Waals surface area (Å²) in [5.74, 6) is 0.612. The molecule has 1 nitrogen and oxygen atoms in total. The first kappa shape index (κ1) is 12.1. The standard InChI is InChI=1S/C14H12BrFO/c15-12-5-3-6-13(10-12)17-9-8-11-4-1-2-7-14(11)16/h1-7,10H,8-9H2. The minimum atomic E-state index is -0.176. The third kappa shape index (κ3) is 3.56. The SMILES string of the molecule is Fc1ccccc1CCOc1cccc(Br)c1. The first-order valence-corrected chi connectivity index (χ1v) is 6.17. The van der Waals surface area contributed by atoms with E-state index < -0.39 is 0 Å². The molecule has 0 aliphatic rings. The fourth-order valence-electron chi connectivity index (χ4n) is 1.54. The molecule has 0 bridgehead atoms. The van der Waals surface area contributed by atoms with E-state index in [1.54, 1.807) is 12.1 Å². The highest BCUT2D eigenvalue weighted by Crippen LogP contribution is 2.18. The van der Waals surface area contributed by atoms with Gasteiger partial charge < -0.3 is 4.74 Å². The second-order valence-electron chi connectivity index (χ2n) is 3.65. The summed E-state index contributed by atoms with van der Waals surface area (Å²) in [6.07, 6.45) is 0.569. The van der Waals surface area contributed by atoms with Crippen LogP contribution in [0.4, 0.5) is 4.39 Å². The molecule has 2 aromatic rings. The quantitative estimate of drug-likeness (QED) is 0.821. The topological polar surface area (TPSA) is 9.23 Å². The third-order valence-corrected chi connectivity index (χ3v) is 2.89. The molecule has 0 amide bonds. The minimum Gasteiger partial charge on any atom is -0.493 e. The first-order valence-electron chi connectivity index (χ1n) is 5.37. The predicted octanol–water partition coefficient (Wildman–Crippen LogP) is 4.21. The lowest BCUT2D eigenvalue weighted by Gasteiger charge is -2.07. The molecule has 17 heavy (non-hydrogen) atoms. The van der Waals surface area contributed by atoms with Gasteiger partial charge in [0.1, 0.15) is 11.6 Å². The maximum atomic E-state index is 13.3. The Morgan fingerprint density at radius 2 is 1.88 bits per heavy atom. The Kier molecular flexibility index (Phi) is 4.15. The number of hydrogen-bond acceptors (Lipinski definition) is 1. The molecule has 0 saturated carbocycles. The van der Waals surface area contributed by atoms with Crippen molar-refractivity contribution in [2.24, 2.45) is 0 Å². The smallest absolute Gasteiger partial charge is 0.126 e. The molecule has 88 valence electrons. The van der Waals surface area contributed by atoms with E-state index in [4.69, 9.17) is 4.74 Å². The van der Waals surface area contributed by atoms with Gasteiger partial charge in [-0.25, -0.2) is 4.39 Å². The third-order valence-electron chi connectivity index (χ3n) is 2.39. The van der Waals surface area contributed by atoms with Gasteiger partial charge >= 0.3 is 0 Å². The van der Waals surface area contributed by atoms with Crippen molar-refractivity contribution >= 4 is 15.9 Å². The Balaban J connectivity index is 1.90. The van der Waals surface area contributed by atoms with Gasteiger partial charge in [0.05, 0.1) is 6.61 Å². The van der Waals surface area contributed by atoms with Crippen LogP contribution in [0.15, 0.2) is 53.0 Å². The molecule has 0 N–H and O–H groups in total. The van der Waals surface area contributed by atoms with Crippen LogP contribution < -0.4 is 4.74 Å². The molecule has 0 aliphatic carbocycles. The Bertz CT molecular complexity index is 499. The van der Waals surface area contributed by atoms with Gasteiger partial charge in [0.15, 0.2) is 0 Å². The van der Waals surface area contributed by atoms with Crippen molar-refractivity contribution in [1.29, 1.82) is 0 Å². The molecule has 3 heteroatoms. The summed E-state index contributed by atoms with van der Waals surface area (Å²) in [6, 6.07) is 14.4. The van der Waals surface area contributed by atoms with Gasteiger partial charge in [-0.2, -0.15) is 0 Å². The molecule has 0 spiro atoms. The number of benzene rings is 2. The maximum absolute atomic E-state index is 13.3. The van der Waals surface area contributed by atoms with Crippen LogP contribution in [0.5, 0.6) is 5.75 Å². The summed E-state index contributed by atoms with van der Waals surface area (Å²) >= 11 is 3.37. The zero-order valence-corrected chi connectivity index (χ0v) is 10.8. The summed E-state index contributed by atoms with van der Waals surface area (Å²) in [4.78, 5) is 0. The van der Waals surface area contributed by atoms with Crippen LogP contribution in [0.3, 0.4) is 0 Å². The molecular formula is C14H12BrFO. The highest BCUT2D eigenvalue weighted by Gasteiger charge is 2.01. The largest absolute Gasteiger partial charge is 0.493 e. The number of halogens is 2. The Morgan fingerprint density at radius 1 is 1.06 bits per heavy atom. The number of rotatable bonds is 4. The van der Waals surface area contributed by atoms with Crippen molar-refractivity contribution < 1.29 is 9.13 Å². The summed E-state index contributed by atoms with van der Waals surface area (Å²) in [6.45, 7) is 0.470. The van der Waals surface area contributed by atoms with Crippen molar-refractivity contribution in [3.05, 3.63) is 64.4 Å². The van der Waals surface area contributed by atoms with Gasteiger partial charge in [0.25, 0.3) is 0 Å². The van der Waals surface area contributed by atoms with E-state index in [1.807, 2.05) is 30.3 Å². The van der Waals surface area contributed by atoms with E-state index in [-0.39, 0.29) is 5.82 Å². The van der Waals surface area contributed by atoms with Crippen LogP contribution in [0.1, 0.15) is 5.56 Å². The first-order chi connectivity index (χ1) is 8.25. The van der Waals surface area contributed by atoms with Crippen molar-refractivity contribution in [1.82, 2.24) is 0 Å². The summed E-state index contributed by atoms with van der Waals surface area (Å²) in [7, 11) is 0. The zero-order chi connectivity index (χ0) is 12.1. The monoisotopic (exact) mass is 294 g/mol. The predicted molar refractivity (Wildman–Crippen MR) is 69.7 cm³/mol. The Labute approximate surface area is 108 Å². The van der Waals surface area contributed by atoms with E-state index in [1.165, 1.54) is 6.07 Å². The van der Waals surface area contributed by atoms with E-state index in [0.717, 1.165) is 10.2 Å². The zero-order valence-electron chi connectivity index (χ0n) is 9.20. The maximum Gasteiger partial charge on any atom is 0.126 e. The van der Waals surface area contributed by atoms with Crippen LogP contribution in [-0.2, 0) is 6.42 Å². The molecule has 0 unspecified atom stereocenters. The fourth-order valence-corrected chi connectivity index (χ4v) is 1.91. The molecule has 0 radical (unpaired) electrons. The van der Waals surface area contributed by atoms with Gasteiger partial charge in [0, 0.05) is 10.9 Å². The molecule has 0 aliphatic heterocycles. The van der Waals surface area contributed by atoms with Crippen molar-refractivity contribution in [2.45, 2.75) is 6.42 Å². The molecule has 0 saturated heterocycles. The van der Waals surface area contributed by atoms with Crippen LogP contribution >= 0.6 is 15.9 Å². The minimum absolute atomic E-state index is 0.176. The Hall–Kier alpha value is -1.35. The lowest BCUT2D eigenvalue weighted by molar-refractivity contribution is 0.319. The normalized spacial score (nSPS) is 10.2. The molecule has 2 rings (SSSR count). The van der Waals surface area contributed by atoms with Crippen molar-refractivity contribution in [2.75, 3.05) is 6.61 Å². The average Bonchev–Trinajstić information content (AvgIpc) is 2.32. The number of hydrogen-bond donors (Lipinski definition) is 0. The molecule has 0 atom stereocenters. The fraction of sp³-hybridized carbons (Fsp3) is 0.143. The average molecular weight is 295 g/mol. The molecule has 0 fully saturated rings. The van der Waals surface area contributed by atoms with Gasteiger partial charge in [-0.3, -0.25) is 0 Å². The Morgan fingerprint density at radius 3 is 2.65 bits per heavy atom. The van der Waals surface area contributed by atoms with Crippen LogP contribution in [0, 0.1) is 5.82 Å². The van der Waals surface area contributed by atoms with E-state index in [9.17, 15) is 4.39 Å². The van der Waals surface area contributed by atoms with Crippen molar-refractivity contribution in [3.8, 4) is 5.75 Å². The second-order valence-corrected chi connectivity index (χ2v) is 4.56. The lowest BCUT2D eigenvalue weighted by atomic mass is 10.1. The lowest BCUT2D eigenvalue weighted by Crippen LogP contribution is -2.02. The summed E-state index contributed by atoms with van der Waals surface area (Å²) in [5.41, 5.74) is 0.683. The highest BCUT2D eigenvalue weighted by molar-refractivity contribution is 9.10. The molecular weight excluding hydrogens is 283 g/mol. The van der Waals surface area contributed by atoms with E-state index in [2.05, 4.69) is 15.9 Å². The summed E-state index contributed by atoms with van der Waals surface area (Å²) < 4.78 is 19.8. The highest BCUT2D eigenvalue weighted by atomic mass is 79.9. The van der Waals surface area contributed by atoms with Crippen LogP contribution in [-0.4, -0.2) is 6.61 Å². The summed E-state index contributed by atoms with van der Waals surface area (Å²) in [5, 5.41) is 0. The van der Waals surface area contributed by atoms with Gasteiger partial charge in [-0.1, -0.05) is 40.2 Å². The van der Waals surface area contributed by atoms with Gasteiger partial charge in [0.2, 0.25) is 0 Å². The van der Waals surface area contributed by atoms with Gasteiger partial charge in [-0.05, 0) is 29.8 Å². The molecule has 2 aromatic carbocycles. The van der Waals surface area contributed by atoms with E-state index >= 15 is 0 Å². The van der Waals surface area contributed by atoms with E-state index in [0.29, 0.717) is 18.6 Å². The van der Waals surface area contributed by atoms with Gasteiger partial charge in [-0.15, -0.1) is 0 Å².